The van der Waals surface area contributed by atoms with Gasteiger partial charge in [0.1, 0.15) is 18.5 Å². The Morgan fingerprint density at radius 3 is 2.47 bits per heavy atom. The Labute approximate surface area is 190 Å². The van der Waals surface area contributed by atoms with E-state index in [0.29, 0.717) is 22.6 Å². The van der Waals surface area contributed by atoms with Crippen molar-refractivity contribution in [2.75, 3.05) is 10.8 Å². The van der Waals surface area contributed by atoms with Crippen LogP contribution in [-0.2, 0) is 16.6 Å². The number of ether oxygens (including phenoxy) is 1. The zero-order chi connectivity index (χ0) is 23.5. The minimum absolute atomic E-state index is 0.0766. The first-order valence-corrected chi connectivity index (χ1v) is 12.0. The van der Waals surface area contributed by atoms with E-state index in [-0.39, 0.29) is 22.2 Å². The second-order valence-electron chi connectivity index (χ2n) is 7.29. The highest BCUT2D eigenvalue weighted by Gasteiger charge is 2.31. The van der Waals surface area contributed by atoms with Crippen LogP contribution in [0.4, 0.5) is 10.1 Å². The fourth-order valence-electron chi connectivity index (χ4n) is 3.02. The minimum atomic E-state index is -4.11. The first kappa shape index (κ1) is 23.7. The van der Waals surface area contributed by atoms with Crippen LogP contribution in [0.15, 0.2) is 52.2 Å². The summed E-state index contributed by atoms with van der Waals surface area (Å²) in [6.45, 7) is 4.43. The number of anilines is 1. The van der Waals surface area contributed by atoms with Gasteiger partial charge in [0.2, 0.25) is 4.34 Å². The topological polar surface area (TPSA) is 96.8 Å². The van der Waals surface area contributed by atoms with Gasteiger partial charge in [0.25, 0.3) is 10.0 Å². The number of halogens is 1. The van der Waals surface area contributed by atoms with E-state index in [2.05, 4.69) is 4.98 Å². The maximum atomic E-state index is 14.1. The number of carboxylic acids is 1. The van der Waals surface area contributed by atoms with Gasteiger partial charge in [-0.2, -0.15) is 8.42 Å². The maximum Gasteiger partial charge on any atom is 0.335 e. The van der Waals surface area contributed by atoms with Gasteiger partial charge in [0.05, 0.1) is 17.8 Å². The fraction of sp³-hybridized carbons (Fsp3) is 0.273. The van der Waals surface area contributed by atoms with Gasteiger partial charge in [-0.1, -0.05) is 24.3 Å². The summed E-state index contributed by atoms with van der Waals surface area (Å²) >= 11 is 0.979. The van der Waals surface area contributed by atoms with Crippen molar-refractivity contribution in [1.82, 2.24) is 4.98 Å². The minimum Gasteiger partial charge on any atom is -0.486 e. The van der Waals surface area contributed by atoms with E-state index in [9.17, 15) is 17.6 Å². The number of para-hydroxylation sites is 1. The molecule has 7 nitrogen and oxygen atoms in total. The highest BCUT2D eigenvalue weighted by molar-refractivity contribution is 7.94. The molecule has 32 heavy (non-hydrogen) atoms. The van der Waals surface area contributed by atoms with Crippen LogP contribution in [0.2, 0.25) is 0 Å². The summed E-state index contributed by atoms with van der Waals surface area (Å²) in [6.07, 6.45) is -1.43. The Morgan fingerprint density at radius 1 is 1.22 bits per heavy atom. The number of benzene rings is 2. The molecule has 0 amide bonds. The van der Waals surface area contributed by atoms with Crippen LogP contribution < -0.4 is 9.04 Å². The second-order valence-corrected chi connectivity index (χ2v) is 10.2. The number of aromatic carboxylic acids is 1. The van der Waals surface area contributed by atoms with Crippen molar-refractivity contribution in [2.24, 2.45) is 0 Å². The summed E-state index contributed by atoms with van der Waals surface area (Å²) < 4.78 is 47.5. The summed E-state index contributed by atoms with van der Waals surface area (Å²) in [5.41, 5.74) is 2.30. The van der Waals surface area contributed by atoms with Crippen LogP contribution >= 0.6 is 11.3 Å². The molecule has 3 aromatic rings. The van der Waals surface area contributed by atoms with Crippen molar-refractivity contribution in [1.29, 1.82) is 0 Å². The van der Waals surface area contributed by atoms with Gasteiger partial charge in [0, 0.05) is 11.1 Å². The third-order valence-electron chi connectivity index (χ3n) is 4.57. The molecule has 1 heterocycles. The van der Waals surface area contributed by atoms with Gasteiger partial charge in [-0.25, -0.2) is 14.2 Å². The Balaban J connectivity index is 1.97. The number of thiazole rings is 1. The molecule has 1 unspecified atom stereocenters. The van der Waals surface area contributed by atoms with Crippen LogP contribution in [0.5, 0.6) is 5.75 Å². The number of hydrogen-bond donors (Lipinski definition) is 1. The zero-order valence-corrected chi connectivity index (χ0v) is 19.4. The summed E-state index contributed by atoms with van der Waals surface area (Å²) in [5.74, 6) is -0.732. The second kappa shape index (κ2) is 9.66. The Morgan fingerprint density at radius 2 is 1.91 bits per heavy atom. The molecular formula is C22H23FN2O5S2. The van der Waals surface area contributed by atoms with Gasteiger partial charge in [0.15, 0.2) is 0 Å². The Kier molecular flexibility index (Phi) is 7.15. The molecule has 0 aliphatic carbocycles. The lowest BCUT2D eigenvalue weighted by Gasteiger charge is -2.26. The number of aryl methyl sites for hydroxylation is 2. The maximum absolute atomic E-state index is 14.1. The molecule has 0 fully saturated rings. The molecule has 0 bridgehead atoms. The lowest BCUT2D eigenvalue weighted by molar-refractivity contribution is 0.0697. The number of hydrogen-bond acceptors (Lipinski definition) is 6. The number of carbonyl (C=O) groups is 1. The van der Waals surface area contributed by atoms with Crippen molar-refractivity contribution in [3.63, 3.8) is 0 Å². The third kappa shape index (κ3) is 5.25. The summed E-state index contributed by atoms with van der Waals surface area (Å²) in [7, 11) is -4.11. The zero-order valence-electron chi connectivity index (χ0n) is 17.8. The van der Waals surface area contributed by atoms with Gasteiger partial charge >= 0.3 is 5.97 Å². The average molecular weight is 479 g/mol. The number of alkyl halides is 1. The van der Waals surface area contributed by atoms with Crippen molar-refractivity contribution in [2.45, 2.75) is 37.9 Å². The summed E-state index contributed by atoms with van der Waals surface area (Å²) in [5, 5.41) is 10.7. The van der Waals surface area contributed by atoms with Crippen LogP contribution in [0.25, 0.3) is 0 Å². The molecule has 2 aromatic carbocycles. The van der Waals surface area contributed by atoms with E-state index >= 15 is 0 Å². The van der Waals surface area contributed by atoms with Crippen LogP contribution in [-0.4, -0.2) is 37.2 Å². The molecule has 170 valence electrons. The van der Waals surface area contributed by atoms with E-state index in [1.807, 2.05) is 0 Å². The monoisotopic (exact) mass is 478 g/mol. The lowest BCUT2D eigenvalue weighted by atomic mass is 10.1. The first-order valence-electron chi connectivity index (χ1n) is 9.73. The first-order chi connectivity index (χ1) is 15.1. The summed E-state index contributed by atoms with van der Waals surface area (Å²) in [6, 6.07) is 11.2. The molecule has 1 N–H and O–H groups in total. The van der Waals surface area contributed by atoms with E-state index in [1.54, 1.807) is 49.6 Å². The van der Waals surface area contributed by atoms with Crippen LogP contribution in [0, 0.1) is 13.8 Å². The largest absolute Gasteiger partial charge is 0.486 e. The third-order valence-corrected chi connectivity index (χ3v) is 7.70. The lowest BCUT2D eigenvalue weighted by Crippen LogP contribution is -2.36. The number of nitrogens with zero attached hydrogens (tertiary/aromatic N) is 2. The molecule has 3 rings (SSSR count). The highest BCUT2D eigenvalue weighted by atomic mass is 32.2. The van der Waals surface area contributed by atoms with Gasteiger partial charge in [-0.05, 0) is 50.1 Å². The molecule has 0 radical (unpaired) electrons. The fourth-order valence-corrected chi connectivity index (χ4v) is 5.69. The summed E-state index contributed by atoms with van der Waals surface area (Å²) in [4.78, 5) is 15.1. The van der Waals surface area contributed by atoms with E-state index in [0.717, 1.165) is 15.6 Å². The molecular weight excluding hydrogens is 455 g/mol. The Bertz CT molecular complexity index is 1210. The molecule has 0 saturated carbocycles. The SMILES string of the molecule is Cc1csc(S(=O)(=O)N(CC(C)F)c2cccc(C)c2OCc2ccc(C(=O)O)cc2)n1. The van der Waals surface area contributed by atoms with Crippen molar-refractivity contribution >= 4 is 33.0 Å². The normalized spacial score (nSPS) is 12.4. The van der Waals surface area contributed by atoms with E-state index in [1.165, 1.54) is 19.1 Å². The quantitative estimate of drug-likeness (QED) is 0.483. The Hall–Kier alpha value is -2.98. The van der Waals surface area contributed by atoms with Crippen LogP contribution in [0.1, 0.15) is 34.1 Å². The van der Waals surface area contributed by atoms with Gasteiger partial charge < -0.3 is 9.84 Å². The molecule has 0 aliphatic heterocycles. The predicted octanol–water partition coefficient (Wildman–Crippen LogP) is 4.59. The number of carboxylic acid groups (broad SMARTS) is 1. The molecule has 1 atom stereocenters. The molecule has 0 aliphatic rings. The number of sulfonamides is 1. The van der Waals surface area contributed by atoms with Gasteiger partial charge in [-0.15, -0.1) is 11.3 Å². The highest BCUT2D eigenvalue weighted by Crippen LogP contribution is 2.36. The number of rotatable bonds is 9. The van der Waals surface area contributed by atoms with Crippen molar-refractivity contribution < 1.29 is 27.4 Å². The molecule has 0 spiro atoms. The number of aromatic nitrogens is 1. The average Bonchev–Trinajstić information content (AvgIpc) is 3.18. The van der Waals surface area contributed by atoms with Crippen molar-refractivity contribution in [3.05, 3.63) is 70.2 Å². The predicted molar refractivity (Wildman–Crippen MR) is 121 cm³/mol. The standard InChI is InChI=1S/C22H23FN2O5S2/c1-14-5-4-6-19(20(14)30-12-17-7-9-18(10-8-17)21(26)27)25(11-15(2)23)32(28,29)22-24-16(3)13-31-22/h4-10,13,15H,11-12H2,1-3H3,(H,26,27). The van der Waals surface area contributed by atoms with Crippen LogP contribution in [0.3, 0.4) is 0 Å². The molecule has 10 heteroatoms. The van der Waals surface area contributed by atoms with Gasteiger partial charge in [-0.3, -0.25) is 4.31 Å². The molecule has 1 aromatic heterocycles. The molecule has 0 saturated heterocycles. The smallest absolute Gasteiger partial charge is 0.335 e. The van der Waals surface area contributed by atoms with Crippen molar-refractivity contribution in [3.8, 4) is 5.75 Å². The van der Waals surface area contributed by atoms with E-state index in [4.69, 9.17) is 9.84 Å². The van der Waals surface area contributed by atoms with E-state index < -0.39 is 28.7 Å².